The quantitative estimate of drug-likeness (QED) is 0.0457. The van der Waals surface area contributed by atoms with Gasteiger partial charge in [-0.2, -0.15) is 0 Å². The maximum Gasteiger partial charge on any atom is 0.255 e. The van der Waals surface area contributed by atoms with Crippen molar-refractivity contribution < 1.29 is 40.5 Å². The van der Waals surface area contributed by atoms with Gasteiger partial charge in [0.25, 0.3) is 5.91 Å². The second kappa shape index (κ2) is 15.6. The molecule has 0 aliphatic heterocycles. The van der Waals surface area contributed by atoms with Crippen LogP contribution in [0.1, 0.15) is 69.4 Å². The van der Waals surface area contributed by atoms with Crippen LogP contribution in [0.25, 0.3) is 32.7 Å². The van der Waals surface area contributed by atoms with Gasteiger partial charge in [-0.05, 0) is 103 Å². The Morgan fingerprint density at radius 3 is 1.54 bits per heavy atom. The zero-order valence-electron chi connectivity index (χ0n) is 30.8. The minimum atomic E-state index is -1.41. The molecule has 0 spiro atoms. The van der Waals surface area contributed by atoms with Crippen LogP contribution in [0.5, 0.6) is 34.5 Å². The summed E-state index contributed by atoms with van der Waals surface area (Å²) in [5.74, 6) is -3.69. The van der Waals surface area contributed by atoms with Gasteiger partial charge in [0.1, 0.15) is 17.7 Å². The molecular weight excluding hydrogens is 684 g/mol. The van der Waals surface area contributed by atoms with Gasteiger partial charge in [0.05, 0.1) is 5.56 Å². The number of hydrogen-bond acceptors (Lipinski definition) is 9. The van der Waals surface area contributed by atoms with Crippen molar-refractivity contribution in [3.8, 4) is 45.6 Å². The summed E-state index contributed by atoms with van der Waals surface area (Å²) in [4.78, 5) is 13.5. The third-order valence-corrected chi connectivity index (χ3v) is 10.2. The molecular formula is C44H46N2O8. The van der Waals surface area contributed by atoms with E-state index in [1.807, 2.05) is 36.4 Å². The van der Waals surface area contributed by atoms with Crippen molar-refractivity contribution in [1.29, 1.82) is 0 Å². The fourth-order valence-corrected chi connectivity index (χ4v) is 7.17. The Bertz CT molecular complexity index is 2370. The van der Waals surface area contributed by atoms with E-state index in [4.69, 9.17) is 0 Å². The molecule has 10 nitrogen and oxygen atoms in total. The van der Waals surface area contributed by atoms with E-state index in [1.165, 1.54) is 17.2 Å². The van der Waals surface area contributed by atoms with Crippen LogP contribution in [0, 0.1) is 13.8 Å². The molecule has 10 heteroatoms. The third kappa shape index (κ3) is 7.18. The second-order valence-electron chi connectivity index (χ2n) is 13.8. The number of nitrogens with one attached hydrogen (secondary N) is 2. The SMILES string of the molecule is CCc1ccc(CCNC(=O)c2c(O)c(O)cc3c(O)c(-c4c(C)cc5c(C(O)NCCc6ccc(CC)cc6)c(O)c(O)cc5c4O)c(C)cc23)cc1. The molecule has 1 unspecified atom stereocenters. The number of aromatic hydroxyl groups is 6. The molecule has 0 bridgehead atoms. The highest BCUT2D eigenvalue weighted by molar-refractivity contribution is 6.14. The van der Waals surface area contributed by atoms with Gasteiger partial charge >= 0.3 is 0 Å². The number of aliphatic hydroxyl groups is 1. The maximum absolute atomic E-state index is 13.5. The van der Waals surface area contributed by atoms with Crippen molar-refractivity contribution >= 4 is 27.5 Å². The van der Waals surface area contributed by atoms with Crippen molar-refractivity contribution in [2.45, 2.75) is 59.6 Å². The Morgan fingerprint density at radius 1 is 0.574 bits per heavy atom. The number of amides is 1. The van der Waals surface area contributed by atoms with Gasteiger partial charge < -0.3 is 41.1 Å². The molecule has 6 aromatic carbocycles. The summed E-state index contributed by atoms with van der Waals surface area (Å²) in [6.45, 7) is 8.13. The zero-order valence-corrected chi connectivity index (χ0v) is 30.8. The summed E-state index contributed by atoms with van der Waals surface area (Å²) in [5, 5.41) is 84.5. The monoisotopic (exact) mass is 730 g/mol. The van der Waals surface area contributed by atoms with E-state index in [2.05, 4.69) is 36.6 Å². The number of phenolic OH excluding ortho intramolecular Hbond substituents is 6. The molecule has 1 amide bonds. The molecule has 6 aromatic rings. The lowest BCUT2D eigenvalue weighted by atomic mass is 9.87. The van der Waals surface area contributed by atoms with E-state index in [9.17, 15) is 40.5 Å². The summed E-state index contributed by atoms with van der Waals surface area (Å²) in [6.07, 6.45) is 1.58. The van der Waals surface area contributed by atoms with Gasteiger partial charge in [0.2, 0.25) is 0 Å². The molecule has 6 rings (SSSR count). The molecule has 0 radical (unpaired) electrons. The highest BCUT2D eigenvalue weighted by Crippen LogP contribution is 2.51. The van der Waals surface area contributed by atoms with Gasteiger partial charge in [0, 0.05) is 45.9 Å². The standard InChI is InChI=1S/C44H46N2O8/c1-5-25-7-11-27(12-8-25)15-17-45-43(53)37-29-19-23(3)35(39(49)31(29)21-33(47)41(37)51)36-24(4)20-30-32(40(36)50)22-34(48)42(52)38(30)44(54)46-18-16-28-13-9-26(6-2)10-14-28/h7-14,19-22,43,45,47-53H,5-6,15-18H2,1-4H3,(H,46,54). The number of carbonyl (C=O) groups is 1. The summed E-state index contributed by atoms with van der Waals surface area (Å²) in [5.41, 5.74) is 5.55. The first-order chi connectivity index (χ1) is 25.8. The van der Waals surface area contributed by atoms with Crippen molar-refractivity contribution in [3.05, 3.63) is 117 Å². The van der Waals surface area contributed by atoms with Crippen LogP contribution in [0.15, 0.2) is 72.8 Å². The fraction of sp³-hybridized carbons (Fsp3) is 0.250. The summed E-state index contributed by atoms with van der Waals surface area (Å²) < 4.78 is 0. The Labute approximate surface area is 313 Å². The number of aryl methyl sites for hydroxylation is 4. The fourth-order valence-electron chi connectivity index (χ4n) is 7.17. The molecule has 0 saturated carbocycles. The summed E-state index contributed by atoms with van der Waals surface area (Å²) >= 11 is 0. The summed E-state index contributed by atoms with van der Waals surface area (Å²) in [7, 11) is 0. The molecule has 280 valence electrons. The number of aliphatic hydroxyl groups excluding tert-OH is 1. The highest BCUT2D eigenvalue weighted by atomic mass is 16.3. The van der Waals surface area contributed by atoms with Crippen molar-refractivity contribution in [3.63, 3.8) is 0 Å². The van der Waals surface area contributed by atoms with E-state index < -0.39 is 35.1 Å². The predicted molar refractivity (Wildman–Crippen MR) is 211 cm³/mol. The number of carbonyl (C=O) groups excluding carboxylic acids is 1. The molecule has 1 atom stereocenters. The van der Waals surface area contributed by atoms with Crippen molar-refractivity contribution in [2.24, 2.45) is 0 Å². The van der Waals surface area contributed by atoms with Gasteiger partial charge in [-0.3, -0.25) is 10.1 Å². The maximum atomic E-state index is 13.5. The van der Waals surface area contributed by atoms with Gasteiger partial charge in [-0.15, -0.1) is 0 Å². The molecule has 0 aromatic heterocycles. The first-order valence-electron chi connectivity index (χ1n) is 18.1. The zero-order chi connectivity index (χ0) is 38.8. The van der Waals surface area contributed by atoms with Crippen LogP contribution in [0.3, 0.4) is 0 Å². The lowest BCUT2D eigenvalue weighted by Gasteiger charge is -2.22. The first-order valence-corrected chi connectivity index (χ1v) is 18.1. The highest BCUT2D eigenvalue weighted by Gasteiger charge is 2.28. The molecule has 0 aliphatic carbocycles. The third-order valence-electron chi connectivity index (χ3n) is 10.2. The predicted octanol–water partition coefficient (Wildman–Crippen LogP) is 7.43. The van der Waals surface area contributed by atoms with Crippen molar-refractivity contribution in [2.75, 3.05) is 13.1 Å². The second-order valence-corrected chi connectivity index (χ2v) is 13.8. The van der Waals surface area contributed by atoms with Crippen LogP contribution >= 0.6 is 0 Å². The van der Waals surface area contributed by atoms with Gasteiger partial charge in [-0.25, -0.2) is 0 Å². The number of phenols is 6. The largest absolute Gasteiger partial charge is 0.507 e. The van der Waals surface area contributed by atoms with E-state index in [1.54, 1.807) is 26.0 Å². The molecule has 0 heterocycles. The van der Waals surface area contributed by atoms with Gasteiger partial charge in [-0.1, -0.05) is 62.4 Å². The van der Waals surface area contributed by atoms with Crippen LogP contribution in [-0.2, 0) is 25.7 Å². The minimum absolute atomic E-state index is 0.0234. The molecule has 0 saturated heterocycles. The number of hydrogen-bond donors (Lipinski definition) is 9. The van der Waals surface area contributed by atoms with Crippen LogP contribution in [0.4, 0.5) is 0 Å². The molecule has 54 heavy (non-hydrogen) atoms. The molecule has 9 N–H and O–H groups in total. The first kappa shape index (κ1) is 37.8. The number of rotatable bonds is 12. The van der Waals surface area contributed by atoms with Crippen LogP contribution in [0.2, 0.25) is 0 Å². The minimum Gasteiger partial charge on any atom is -0.507 e. The Balaban J connectivity index is 1.35. The summed E-state index contributed by atoms with van der Waals surface area (Å²) in [6, 6.07) is 21.8. The van der Waals surface area contributed by atoms with Crippen LogP contribution in [-0.4, -0.2) is 54.7 Å². The van der Waals surface area contributed by atoms with Crippen LogP contribution < -0.4 is 10.6 Å². The Kier molecular flexibility index (Phi) is 10.9. The Morgan fingerprint density at radius 2 is 1.02 bits per heavy atom. The molecule has 0 fully saturated rings. The number of fused-ring (bicyclic) bond motifs is 2. The Hall–Kier alpha value is -5.97. The lowest BCUT2D eigenvalue weighted by Crippen LogP contribution is -2.26. The topological polar surface area (TPSA) is 183 Å². The molecule has 0 aliphatic rings. The van der Waals surface area contributed by atoms with E-state index in [-0.39, 0.29) is 61.8 Å². The number of benzene rings is 6. The average molecular weight is 731 g/mol. The van der Waals surface area contributed by atoms with E-state index in [0.717, 1.165) is 30.0 Å². The van der Waals surface area contributed by atoms with Crippen molar-refractivity contribution in [1.82, 2.24) is 10.6 Å². The average Bonchev–Trinajstić information content (AvgIpc) is 3.15. The van der Waals surface area contributed by atoms with E-state index in [0.29, 0.717) is 30.5 Å². The van der Waals surface area contributed by atoms with E-state index >= 15 is 0 Å². The lowest BCUT2D eigenvalue weighted by molar-refractivity contribution is 0.0952. The smallest absolute Gasteiger partial charge is 0.255 e. The van der Waals surface area contributed by atoms with Gasteiger partial charge in [0.15, 0.2) is 23.0 Å². The normalized spacial score (nSPS) is 12.0.